The van der Waals surface area contributed by atoms with Crippen LogP contribution in [0.1, 0.15) is 23.7 Å². The Morgan fingerprint density at radius 1 is 1.19 bits per heavy atom. The van der Waals surface area contributed by atoms with Crippen molar-refractivity contribution in [3.63, 3.8) is 0 Å². The first-order chi connectivity index (χ1) is 13.0. The Bertz CT molecular complexity index is 799. The number of carboxylic acids is 2. The van der Waals surface area contributed by atoms with Crippen molar-refractivity contribution in [2.75, 3.05) is 13.6 Å². The third kappa shape index (κ3) is 4.18. The lowest BCUT2D eigenvalue weighted by molar-refractivity contribution is -0.159. The number of nitrogens with one attached hydrogen (secondary N) is 1. The number of hydrogen-bond donors (Lipinski definition) is 3. The van der Waals surface area contributed by atoms with Crippen LogP contribution in [0, 0.1) is 11.8 Å². The van der Waals surface area contributed by atoms with E-state index in [2.05, 4.69) is 60.0 Å². The Balaban J connectivity index is 0.000000307. The van der Waals surface area contributed by atoms with E-state index in [1.54, 1.807) is 0 Å². The van der Waals surface area contributed by atoms with Crippen LogP contribution in [-0.2, 0) is 14.3 Å². The molecule has 3 aliphatic rings. The lowest BCUT2D eigenvalue weighted by Gasteiger charge is -2.25. The predicted octanol–water partition coefficient (Wildman–Crippen LogP) is 2.65. The summed E-state index contributed by atoms with van der Waals surface area (Å²) in [7, 11) is 2.00. The molecule has 4 atom stereocenters. The quantitative estimate of drug-likeness (QED) is 0.694. The predicted molar refractivity (Wildman–Crippen MR) is 101 cm³/mol. The first-order valence-corrected chi connectivity index (χ1v) is 8.93. The lowest BCUT2D eigenvalue weighted by Crippen LogP contribution is -2.23. The molecular formula is C21H23NO5. The van der Waals surface area contributed by atoms with Gasteiger partial charge in [-0.3, -0.25) is 0 Å². The van der Waals surface area contributed by atoms with Crippen LogP contribution in [0.15, 0.2) is 54.1 Å². The van der Waals surface area contributed by atoms with Gasteiger partial charge in [0.1, 0.15) is 0 Å². The van der Waals surface area contributed by atoms with E-state index in [1.807, 2.05) is 7.05 Å². The van der Waals surface area contributed by atoms with Crippen molar-refractivity contribution in [3.05, 3.63) is 65.3 Å². The first-order valence-electron chi connectivity index (χ1n) is 8.93. The van der Waals surface area contributed by atoms with Gasteiger partial charge in [0.2, 0.25) is 0 Å². The van der Waals surface area contributed by atoms with Gasteiger partial charge in [0, 0.05) is 18.4 Å². The summed E-state index contributed by atoms with van der Waals surface area (Å²) in [4.78, 5) is 18.2. The smallest absolute Gasteiger partial charge is 0.414 e. The van der Waals surface area contributed by atoms with Crippen molar-refractivity contribution in [1.82, 2.24) is 5.32 Å². The molecule has 4 rings (SSSR count). The van der Waals surface area contributed by atoms with Gasteiger partial charge in [-0.15, -0.1) is 0 Å². The van der Waals surface area contributed by atoms with Gasteiger partial charge in [0.05, 0.1) is 12.2 Å². The number of aliphatic carboxylic acids is 2. The molecule has 1 saturated heterocycles. The van der Waals surface area contributed by atoms with Crippen molar-refractivity contribution in [2.24, 2.45) is 11.8 Å². The fraction of sp³-hybridized carbons (Fsp3) is 0.333. The van der Waals surface area contributed by atoms with E-state index in [1.165, 1.54) is 16.7 Å². The first kappa shape index (κ1) is 19.1. The molecule has 0 amide bonds. The minimum Gasteiger partial charge on any atom is -0.473 e. The van der Waals surface area contributed by atoms with Gasteiger partial charge in [-0.1, -0.05) is 54.6 Å². The van der Waals surface area contributed by atoms with Gasteiger partial charge < -0.3 is 20.3 Å². The van der Waals surface area contributed by atoms with E-state index in [9.17, 15) is 0 Å². The molecule has 6 nitrogen and oxygen atoms in total. The van der Waals surface area contributed by atoms with Crippen molar-refractivity contribution in [3.8, 4) is 0 Å². The Kier molecular flexibility index (Phi) is 5.88. The lowest BCUT2D eigenvalue weighted by atomic mass is 9.79. The van der Waals surface area contributed by atoms with Crippen molar-refractivity contribution in [2.45, 2.75) is 18.6 Å². The summed E-state index contributed by atoms with van der Waals surface area (Å²) in [6, 6.07) is 8.69. The Morgan fingerprint density at radius 2 is 1.93 bits per heavy atom. The fourth-order valence-corrected chi connectivity index (χ4v) is 3.98. The van der Waals surface area contributed by atoms with E-state index in [0.29, 0.717) is 17.9 Å². The third-order valence-corrected chi connectivity index (χ3v) is 5.07. The maximum atomic E-state index is 9.10. The second-order valence-electron chi connectivity index (χ2n) is 6.79. The van der Waals surface area contributed by atoms with E-state index < -0.39 is 11.9 Å². The van der Waals surface area contributed by atoms with Gasteiger partial charge >= 0.3 is 11.9 Å². The molecule has 0 radical (unpaired) electrons. The summed E-state index contributed by atoms with van der Waals surface area (Å²) in [5, 5.41) is 18.0. The van der Waals surface area contributed by atoms with Gasteiger partial charge in [0.25, 0.3) is 0 Å². The highest BCUT2D eigenvalue weighted by Gasteiger charge is 2.42. The zero-order valence-corrected chi connectivity index (χ0v) is 15.0. The van der Waals surface area contributed by atoms with E-state index >= 15 is 0 Å². The van der Waals surface area contributed by atoms with E-state index in [4.69, 9.17) is 24.5 Å². The number of carbonyl (C=O) groups is 2. The molecule has 0 aromatic heterocycles. The largest absolute Gasteiger partial charge is 0.473 e. The third-order valence-electron chi connectivity index (χ3n) is 5.07. The molecular weight excluding hydrogens is 346 g/mol. The average molecular weight is 369 g/mol. The molecule has 3 N–H and O–H groups in total. The van der Waals surface area contributed by atoms with Crippen LogP contribution in [0.25, 0.3) is 6.08 Å². The zero-order valence-electron chi connectivity index (χ0n) is 15.0. The summed E-state index contributed by atoms with van der Waals surface area (Å²) in [6.07, 6.45) is 12.9. The van der Waals surface area contributed by atoms with Gasteiger partial charge in [0.15, 0.2) is 0 Å². The molecule has 2 aliphatic carbocycles. The van der Waals surface area contributed by atoms with Crippen LogP contribution < -0.4 is 5.32 Å². The summed E-state index contributed by atoms with van der Waals surface area (Å²) < 4.78 is 6.41. The Labute approximate surface area is 157 Å². The summed E-state index contributed by atoms with van der Waals surface area (Å²) in [5.74, 6) is -2.63. The molecule has 0 spiro atoms. The number of hydrogen-bond acceptors (Lipinski definition) is 4. The van der Waals surface area contributed by atoms with Crippen molar-refractivity contribution < 1.29 is 24.5 Å². The molecule has 1 heterocycles. The molecule has 0 saturated carbocycles. The number of allylic oxidation sites excluding steroid dienone is 5. The maximum absolute atomic E-state index is 9.10. The highest BCUT2D eigenvalue weighted by atomic mass is 16.5. The van der Waals surface area contributed by atoms with E-state index in [-0.39, 0.29) is 6.10 Å². The molecule has 142 valence electrons. The van der Waals surface area contributed by atoms with Crippen LogP contribution in [0.5, 0.6) is 0 Å². The monoisotopic (exact) mass is 369 g/mol. The van der Waals surface area contributed by atoms with Gasteiger partial charge in [-0.05, 0) is 30.2 Å². The average Bonchev–Trinajstić information content (AvgIpc) is 3.01. The summed E-state index contributed by atoms with van der Waals surface area (Å²) >= 11 is 0. The molecule has 3 unspecified atom stereocenters. The molecule has 0 bridgehead atoms. The number of fused-ring (bicyclic) bond motifs is 5. The van der Waals surface area contributed by atoms with Crippen LogP contribution in [0.2, 0.25) is 0 Å². The second-order valence-corrected chi connectivity index (χ2v) is 6.79. The normalized spacial score (nSPS) is 27.2. The number of likely N-dealkylation sites (N-methyl/N-ethyl adjacent to an activating group) is 1. The number of ether oxygens (including phenoxy) is 1. The van der Waals surface area contributed by atoms with Crippen LogP contribution in [-0.4, -0.2) is 41.8 Å². The van der Waals surface area contributed by atoms with Crippen molar-refractivity contribution in [1.29, 1.82) is 0 Å². The number of rotatable bonds is 2. The minimum atomic E-state index is -1.82. The number of carboxylic acid groups (broad SMARTS) is 2. The van der Waals surface area contributed by atoms with Crippen LogP contribution in [0.4, 0.5) is 0 Å². The fourth-order valence-electron chi connectivity index (χ4n) is 3.98. The zero-order chi connectivity index (χ0) is 19.4. The van der Waals surface area contributed by atoms with Gasteiger partial charge in [-0.2, -0.15) is 0 Å². The molecule has 1 aromatic carbocycles. The highest BCUT2D eigenvalue weighted by molar-refractivity contribution is 6.27. The van der Waals surface area contributed by atoms with Crippen molar-refractivity contribution >= 4 is 18.0 Å². The Hall–Kier alpha value is -2.70. The topological polar surface area (TPSA) is 95.9 Å². The molecule has 27 heavy (non-hydrogen) atoms. The second kappa shape index (κ2) is 8.33. The minimum absolute atomic E-state index is 0.217. The maximum Gasteiger partial charge on any atom is 0.414 e. The molecule has 1 fully saturated rings. The Morgan fingerprint density at radius 3 is 2.63 bits per heavy atom. The molecule has 1 aromatic rings. The molecule has 6 heteroatoms. The standard InChI is InChI=1S/C19H21NO.C2H2O4/c1-20-12-15-11-18-16-8-4-2-6-13(16)10-14-7-3-5-9-17(14)19(18)21-15;3-1(4)2(5)6/h2-10,15-16,18-20H,11-12H2,1H3;(H,3,4)(H,5,6)/t15-,16?,18?,19?;/m1./s1. The highest BCUT2D eigenvalue weighted by Crippen LogP contribution is 2.49. The number of benzene rings is 1. The van der Waals surface area contributed by atoms with Gasteiger partial charge in [-0.25, -0.2) is 9.59 Å². The van der Waals surface area contributed by atoms with E-state index in [0.717, 1.165) is 13.0 Å². The van der Waals surface area contributed by atoms with Crippen LogP contribution >= 0.6 is 0 Å². The molecule has 1 aliphatic heterocycles. The SMILES string of the molecule is CNC[C@H]1CC2C3C=CC=CC3=Cc3ccccc3C2O1.O=C(O)C(=O)O. The summed E-state index contributed by atoms with van der Waals surface area (Å²) in [5.41, 5.74) is 4.09. The van der Waals surface area contributed by atoms with Crippen LogP contribution in [0.3, 0.4) is 0 Å². The summed E-state index contributed by atoms with van der Waals surface area (Å²) in [6.45, 7) is 0.931.